The van der Waals surface area contributed by atoms with Crippen LogP contribution in [0, 0.1) is 0 Å². The standard InChI is InChI=1S/C27H30N2O4/c1-2-3-4-5-10-19-32-24-13-8-6-11-22(24)20-33-25-14-9-7-12-23(25)29-27(31)26(30)21-15-17-28-18-16-21/h6-9,11-18H,2-5,10,19-20H2,1H3,(H,29,31). The minimum Gasteiger partial charge on any atom is -0.493 e. The van der Waals surface area contributed by atoms with Gasteiger partial charge >= 0.3 is 0 Å². The van der Waals surface area contributed by atoms with Gasteiger partial charge in [0.15, 0.2) is 0 Å². The molecule has 172 valence electrons. The lowest BCUT2D eigenvalue weighted by Gasteiger charge is -2.15. The zero-order valence-corrected chi connectivity index (χ0v) is 19.0. The number of rotatable bonds is 13. The van der Waals surface area contributed by atoms with Gasteiger partial charge in [-0.15, -0.1) is 0 Å². The summed E-state index contributed by atoms with van der Waals surface area (Å²) in [4.78, 5) is 28.7. The second kappa shape index (κ2) is 13.0. The third kappa shape index (κ3) is 7.45. The number of Topliss-reactive ketones (excluding diaryl/α,β-unsaturated/α-hetero) is 1. The Morgan fingerprint density at radius 2 is 1.52 bits per heavy atom. The highest BCUT2D eigenvalue weighted by Gasteiger charge is 2.18. The van der Waals surface area contributed by atoms with E-state index in [4.69, 9.17) is 9.47 Å². The largest absolute Gasteiger partial charge is 0.493 e. The Morgan fingerprint density at radius 1 is 0.818 bits per heavy atom. The Bertz CT molecular complexity index is 1040. The Morgan fingerprint density at radius 3 is 2.30 bits per heavy atom. The number of pyridine rings is 1. The van der Waals surface area contributed by atoms with Crippen molar-refractivity contribution in [2.75, 3.05) is 11.9 Å². The van der Waals surface area contributed by atoms with Crippen molar-refractivity contribution in [1.29, 1.82) is 0 Å². The highest BCUT2D eigenvalue weighted by atomic mass is 16.5. The quantitative estimate of drug-likeness (QED) is 0.203. The molecule has 0 bridgehead atoms. The van der Waals surface area contributed by atoms with Crippen LogP contribution < -0.4 is 14.8 Å². The molecule has 3 rings (SSSR count). The fourth-order valence-electron chi connectivity index (χ4n) is 3.32. The number of ether oxygens (including phenoxy) is 2. The molecule has 33 heavy (non-hydrogen) atoms. The number of aromatic nitrogens is 1. The van der Waals surface area contributed by atoms with E-state index in [0.29, 0.717) is 18.0 Å². The minimum absolute atomic E-state index is 0.275. The third-order valence-corrected chi connectivity index (χ3v) is 5.15. The van der Waals surface area contributed by atoms with Crippen molar-refractivity contribution in [3.8, 4) is 11.5 Å². The molecule has 0 aliphatic rings. The molecule has 1 N–H and O–H groups in total. The van der Waals surface area contributed by atoms with Gasteiger partial charge in [-0.3, -0.25) is 14.6 Å². The molecule has 0 fully saturated rings. The van der Waals surface area contributed by atoms with Gasteiger partial charge in [0.05, 0.1) is 12.3 Å². The molecule has 0 saturated carbocycles. The van der Waals surface area contributed by atoms with Gasteiger partial charge in [-0.05, 0) is 36.8 Å². The number of para-hydroxylation sites is 3. The normalized spacial score (nSPS) is 10.5. The second-order valence-corrected chi connectivity index (χ2v) is 7.67. The molecule has 1 aromatic heterocycles. The Balaban J connectivity index is 1.59. The van der Waals surface area contributed by atoms with Gasteiger partial charge in [0.1, 0.15) is 18.1 Å². The number of carbonyl (C=O) groups is 2. The highest BCUT2D eigenvalue weighted by Crippen LogP contribution is 2.27. The molecule has 0 radical (unpaired) electrons. The fraction of sp³-hybridized carbons (Fsp3) is 0.296. The van der Waals surface area contributed by atoms with Crippen LogP contribution >= 0.6 is 0 Å². The van der Waals surface area contributed by atoms with Crippen LogP contribution in [0.5, 0.6) is 11.5 Å². The first-order valence-corrected chi connectivity index (χ1v) is 11.4. The molecule has 1 heterocycles. The van der Waals surface area contributed by atoms with Crippen LogP contribution in [-0.4, -0.2) is 23.3 Å². The average molecular weight is 447 g/mol. The van der Waals surface area contributed by atoms with Crippen LogP contribution in [0.2, 0.25) is 0 Å². The first-order chi connectivity index (χ1) is 16.2. The molecule has 0 saturated heterocycles. The summed E-state index contributed by atoms with van der Waals surface area (Å²) in [7, 11) is 0. The highest BCUT2D eigenvalue weighted by molar-refractivity contribution is 6.46. The first kappa shape index (κ1) is 24.0. The summed E-state index contributed by atoms with van der Waals surface area (Å²) in [6.45, 7) is 3.15. The second-order valence-electron chi connectivity index (χ2n) is 7.67. The van der Waals surface area contributed by atoms with E-state index in [1.165, 1.54) is 43.8 Å². The SMILES string of the molecule is CCCCCCCOc1ccccc1COc1ccccc1NC(=O)C(=O)c1ccncc1. The number of amides is 1. The lowest BCUT2D eigenvalue weighted by Crippen LogP contribution is -2.23. The number of ketones is 1. The average Bonchev–Trinajstić information content (AvgIpc) is 2.86. The summed E-state index contributed by atoms with van der Waals surface area (Å²) in [5, 5.41) is 2.65. The summed E-state index contributed by atoms with van der Waals surface area (Å²) < 4.78 is 12.0. The maximum Gasteiger partial charge on any atom is 0.296 e. The predicted molar refractivity (Wildman–Crippen MR) is 129 cm³/mol. The van der Waals surface area contributed by atoms with Crippen LogP contribution in [0.25, 0.3) is 0 Å². The molecule has 0 aliphatic heterocycles. The summed E-state index contributed by atoms with van der Waals surface area (Å²) in [6.07, 6.45) is 8.85. The molecule has 0 unspecified atom stereocenters. The van der Waals surface area contributed by atoms with Gasteiger partial charge in [-0.1, -0.05) is 62.9 Å². The molecule has 6 nitrogen and oxygen atoms in total. The number of unbranched alkanes of at least 4 members (excludes halogenated alkanes) is 4. The monoisotopic (exact) mass is 446 g/mol. The van der Waals surface area contributed by atoms with E-state index in [1.807, 2.05) is 30.3 Å². The maximum atomic E-state index is 12.4. The Hall–Kier alpha value is -3.67. The minimum atomic E-state index is -0.732. The lowest BCUT2D eigenvalue weighted by molar-refractivity contribution is -0.112. The van der Waals surface area contributed by atoms with Crippen molar-refractivity contribution < 1.29 is 19.1 Å². The van der Waals surface area contributed by atoms with Gasteiger partial charge in [0, 0.05) is 23.5 Å². The van der Waals surface area contributed by atoms with Crippen LogP contribution in [0.1, 0.15) is 54.9 Å². The number of hydrogen-bond donors (Lipinski definition) is 1. The van der Waals surface area contributed by atoms with Crippen molar-refractivity contribution in [1.82, 2.24) is 4.98 Å². The predicted octanol–water partition coefficient (Wildman–Crippen LogP) is 5.83. The van der Waals surface area contributed by atoms with Crippen molar-refractivity contribution in [2.24, 2.45) is 0 Å². The van der Waals surface area contributed by atoms with Crippen LogP contribution in [-0.2, 0) is 11.4 Å². The summed E-state index contributed by atoms with van der Waals surface area (Å²) in [5.74, 6) is -0.0981. The number of benzene rings is 2. The molecular formula is C27H30N2O4. The molecule has 0 atom stereocenters. The molecule has 0 aliphatic carbocycles. The smallest absolute Gasteiger partial charge is 0.296 e. The Labute approximate surface area is 195 Å². The molecule has 3 aromatic rings. The van der Waals surface area contributed by atoms with Crippen LogP contribution in [0.4, 0.5) is 5.69 Å². The number of hydrogen-bond acceptors (Lipinski definition) is 5. The summed E-state index contributed by atoms with van der Waals surface area (Å²) >= 11 is 0. The van der Waals surface area contributed by atoms with Crippen molar-refractivity contribution in [2.45, 2.75) is 45.6 Å². The molecule has 2 aromatic carbocycles. The zero-order chi connectivity index (χ0) is 23.3. The van der Waals surface area contributed by atoms with Gasteiger partial charge in [-0.2, -0.15) is 0 Å². The molecule has 6 heteroatoms. The van der Waals surface area contributed by atoms with Gasteiger partial charge in [0.2, 0.25) is 0 Å². The summed E-state index contributed by atoms with van der Waals surface area (Å²) in [6, 6.07) is 17.8. The van der Waals surface area contributed by atoms with Crippen molar-refractivity contribution in [3.05, 3.63) is 84.2 Å². The van der Waals surface area contributed by atoms with Crippen LogP contribution in [0.3, 0.4) is 0 Å². The molecular weight excluding hydrogens is 416 g/mol. The summed E-state index contributed by atoms with van der Waals surface area (Å²) in [5.41, 5.74) is 1.63. The van der Waals surface area contributed by atoms with E-state index in [-0.39, 0.29) is 12.2 Å². The number of nitrogens with zero attached hydrogens (tertiary/aromatic N) is 1. The van der Waals surface area contributed by atoms with E-state index in [0.717, 1.165) is 24.2 Å². The van der Waals surface area contributed by atoms with Gasteiger partial charge < -0.3 is 14.8 Å². The third-order valence-electron chi connectivity index (χ3n) is 5.15. The fourth-order valence-corrected chi connectivity index (χ4v) is 3.32. The first-order valence-electron chi connectivity index (χ1n) is 11.4. The molecule has 0 spiro atoms. The lowest BCUT2D eigenvalue weighted by atomic mass is 10.1. The topological polar surface area (TPSA) is 77.5 Å². The van der Waals surface area contributed by atoms with Crippen molar-refractivity contribution >= 4 is 17.4 Å². The van der Waals surface area contributed by atoms with E-state index in [1.54, 1.807) is 18.2 Å². The zero-order valence-electron chi connectivity index (χ0n) is 19.0. The van der Waals surface area contributed by atoms with E-state index < -0.39 is 11.7 Å². The van der Waals surface area contributed by atoms with Gasteiger partial charge in [-0.25, -0.2) is 0 Å². The maximum absolute atomic E-state index is 12.4. The van der Waals surface area contributed by atoms with E-state index >= 15 is 0 Å². The number of anilines is 1. The van der Waals surface area contributed by atoms with E-state index in [9.17, 15) is 9.59 Å². The number of carbonyl (C=O) groups excluding carboxylic acids is 2. The van der Waals surface area contributed by atoms with Crippen LogP contribution in [0.15, 0.2) is 73.1 Å². The number of nitrogens with one attached hydrogen (secondary N) is 1. The molecule has 1 amide bonds. The van der Waals surface area contributed by atoms with Crippen molar-refractivity contribution in [3.63, 3.8) is 0 Å². The van der Waals surface area contributed by atoms with E-state index in [2.05, 4.69) is 17.2 Å². The Kier molecular flexibility index (Phi) is 9.45. The van der Waals surface area contributed by atoms with Gasteiger partial charge in [0.25, 0.3) is 11.7 Å².